The zero-order valence-electron chi connectivity index (χ0n) is 3.79. The van der Waals surface area contributed by atoms with Crippen LogP contribution in [0, 0.1) is 37.3 Å². The largest absolute Gasteiger partial charge is 0.330 e. The summed E-state index contributed by atoms with van der Waals surface area (Å²) in [7, 11) is -0.657. The van der Waals surface area contributed by atoms with Gasteiger partial charge in [0.25, 0.3) is 0 Å². The monoisotopic (exact) mass is 288 g/mol. The number of rotatable bonds is 3. The second-order valence-electron chi connectivity index (χ2n) is 0.767. The van der Waals surface area contributed by atoms with Crippen molar-refractivity contribution in [3.8, 4) is 0 Å². The van der Waals surface area contributed by atoms with Crippen LogP contribution < -0.4 is 0 Å². The number of alkyl halides is 1. The van der Waals surface area contributed by atoms with E-state index in [2.05, 4.69) is 11.1 Å². The second-order valence-corrected chi connectivity index (χ2v) is 1.13. The first-order valence-electron chi connectivity index (χ1n) is 1.56. The maximum atomic E-state index is 11.6. The smallest absolute Gasteiger partial charge is 0.254 e. The Balaban J connectivity index is 0. The third-order valence-electron chi connectivity index (χ3n) is 0.329. The molecule has 0 aromatic rings. The Kier molecular flexibility index (Phi) is 11.7. The Hall–Kier alpha value is 0.977. The molecule has 0 spiro atoms. The molecule has 52 valence electrons. The van der Waals surface area contributed by atoms with Crippen molar-refractivity contribution in [1.29, 1.82) is 0 Å². The fourth-order valence-electron chi connectivity index (χ4n) is 0.0841. The Bertz CT molecular complexity index is 79.7. The van der Waals surface area contributed by atoms with Crippen LogP contribution in [-0.4, -0.2) is 6.36 Å². The summed E-state index contributed by atoms with van der Waals surface area (Å²) in [6, 6.07) is 0. The van der Waals surface area contributed by atoms with Gasteiger partial charge in [-0.1, -0.05) is 6.58 Å². The molecule has 0 aromatic carbocycles. The van der Waals surface area contributed by atoms with Crippen molar-refractivity contribution in [3.63, 3.8) is 0 Å². The molecular formula is C3H4ErFO2P. The van der Waals surface area contributed by atoms with Crippen LogP contribution in [0.4, 0.5) is 4.39 Å². The fraction of sp³-hybridized carbons (Fsp3) is 0.333. The summed E-state index contributed by atoms with van der Waals surface area (Å²) in [5.41, 5.74) is 0. The van der Waals surface area contributed by atoms with Crippen LogP contribution >= 0.6 is 8.69 Å². The average molecular weight is 289 g/mol. The average Bonchev–Trinajstić information content (AvgIpc) is 1.68. The maximum Gasteiger partial charge on any atom is 0.330 e. The summed E-state index contributed by atoms with van der Waals surface area (Å²) < 4.78 is 24.8. The predicted molar refractivity (Wildman–Crippen MR) is 23.8 cm³/mol. The normalized spacial score (nSPS) is 12.1. The first-order chi connectivity index (χ1) is 3.31. The van der Waals surface area contributed by atoms with Crippen molar-refractivity contribution in [1.82, 2.24) is 0 Å². The van der Waals surface area contributed by atoms with Crippen molar-refractivity contribution < 1.29 is 50.8 Å². The fourth-order valence-corrected chi connectivity index (χ4v) is 0.252. The van der Waals surface area contributed by atoms with E-state index in [0.29, 0.717) is 0 Å². The molecule has 5 heteroatoms. The minimum atomic E-state index is -1.61. The molecule has 0 aliphatic heterocycles. The molecule has 0 aliphatic rings. The van der Waals surface area contributed by atoms with E-state index in [-0.39, 0.29) is 37.3 Å². The third kappa shape index (κ3) is 6.98. The van der Waals surface area contributed by atoms with Crippen LogP contribution in [0.25, 0.3) is 0 Å². The van der Waals surface area contributed by atoms with Gasteiger partial charge in [0.05, 0.1) is 0 Å². The van der Waals surface area contributed by atoms with Crippen molar-refractivity contribution in [2.24, 2.45) is 0 Å². The van der Waals surface area contributed by atoms with E-state index in [4.69, 9.17) is 0 Å². The van der Waals surface area contributed by atoms with Crippen LogP contribution in [0.15, 0.2) is 12.7 Å². The van der Waals surface area contributed by atoms with Crippen molar-refractivity contribution in [3.05, 3.63) is 12.7 Å². The van der Waals surface area contributed by atoms with Crippen LogP contribution in [0.2, 0.25) is 0 Å². The first-order valence-corrected chi connectivity index (χ1v) is 2.29. The molecule has 0 radical (unpaired) electrons. The summed E-state index contributed by atoms with van der Waals surface area (Å²) in [5.74, 6) is 0. The van der Waals surface area contributed by atoms with Crippen LogP contribution in [0.1, 0.15) is 0 Å². The van der Waals surface area contributed by atoms with Crippen LogP contribution in [0.5, 0.6) is 0 Å². The van der Waals surface area contributed by atoms with E-state index in [1.165, 1.54) is 0 Å². The molecular weight excluding hydrogens is 285 g/mol. The minimum absolute atomic E-state index is 0. The van der Waals surface area contributed by atoms with Gasteiger partial charge in [-0.3, -0.25) is 4.52 Å². The van der Waals surface area contributed by atoms with E-state index in [0.717, 1.165) is 6.08 Å². The summed E-state index contributed by atoms with van der Waals surface area (Å²) in [6.07, 6.45) is -0.704. The van der Waals surface area contributed by atoms with Crippen LogP contribution in [0.3, 0.4) is 0 Å². The Morgan fingerprint density at radius 1 is 1.88 bits per heavy atom. The molecule has 0 fully saturated rings. The molecule has 0 aliphatic carbocycles. The molecule has 0 heterocycles. The topological polar surface area (TPSA) is 26.3 Å². The van der Waals surface area contributed by atoms with E-state index in [9.17, 15) is 8.96 Å². The van der Waals surface area contributed by atoms with Gasteiger partial charge in [-0.25, -0.2) is 8.96 Å². The van der Waals surface area contributed by atoms with Gasteiger partial charge in [0.2, 0.25) is 6.36 Å². The summed E-state index contributed by atoms with van der Waals surface area (Å²) in [5, 5.41) is 0. The Morgan fingerprint density at radius 2 is 2.38 bits per heavy atom. The molecule has 0 amide bonds. The predicted octanol–water partition coefficient (Wildman–Crippen LogP) is 1.69. The number of hydrogen-bond acceptors (Lipinski definition) is 2. The molecule has 1 atom stereocenters. The van der Waals surface area contributed by atoms with Crippen molar-refractivity contribution >= 4 is 8.69 Å². The molecule has 0 N–H and O–H groups in total. The standard InChI is InChI=1S/C3H4FO2P.Er/c1-2-3(4)6-7-5;/h2-3H,1H2;. The molecule has 0 saturated heterocycles. The zero-order chi connectivity index (χ0) is 5.70. The van der Waals surface area contributed by atoms with Gasteiger partial charge in [0.1, 0.15) is 0 Å². The van der Waals surface area contributed by atoms with E-state index in [1.807, 2.05) is 0 Å². The summed E-state index contributed by atoms with van der Waals surface area (Å²) in [4.78, 5) is 0. The molecule has 0 rings (SSSR count). The molecule has 2 nitrogen and oxygen atoms in total. The van der Waals surface area contributed by atoms with Crippen molar-refractivity contribution in [2.75, 3.05) is 0 Å². The van der Waals surface area contributed by atoms with E-state index < -0.39 is 15.0 Å². The SMILES string of the molecule is C=CC(F)OP=O.[Er]. The van der Waals surface area contributed by atoms with Gasteiger partial charge in [-0.05, 0) is 6.08 Å². The molecule has 1 unspecified atom stereocenters. The second kappa shape index (κ2) is 7.98. The minimum Gasteiger partial charge on any atom is -0.254 e. The zero-order valence-corrected chi connectivity index (χ0v) is 6.54. The van der Waals surface area contributed by atoms with Gasteiger partial charge in [-0.15, -0.1) is 0 Å². The first kappa shape index (κ1) is 11.7. The van der Waals surface area contributed by atoms with Gasteiger partial charge in [0.15, 0.2) is 0 Å². The quantitative estimate of drug-likeness (QED) is 0.584. The number of halogens is 1. The summed E-state index contributed by atoms with van der Waals surface area (Å²) in [6.45, 7) is 3.04. The number of hydrogen-bond donors (Lipinski definition) is 0. The van der Waals surface area contributed by atoms with E-state index >= 15 is 0 Å². The molecule has 8 heavy (non-hydrogen) atoms. The summed E-state index contributed by atoms with van der Waals surface area (Å²) >= 11 is 0. The van der Waals surface area contributed by atoms with E-state index in [1.54, 1.807) is 0 Å². The maximum absolute atomic E-state index is 11.6. The van der Waals surface area contributed by atoms with Gasteiger partial charge in [-0.2, -0.15) is 0 Å². The van der Waals surface area contributed by atoms with Gasteiger partial charge >= 0.3 is 8.69 Å². The van der Waals surface area contributed by atoms with Crippen LogP contribution in [-0.2, 0) is 9.09 Å². The molecule has 0 saturated carbocycles. The third-order valence-corrected chi connectivity index (χ3v) is 0.617. The van der Waals surface area contributed by atoms with Gasteiger partial charge < -0.3 is 0 Å². The Labute approximate surface area is 78.0 Å². The van der Waals surface area contributed by atoms with Gasteiger partial charge in [0, 0.05) is 37.3 Å². The van der Waals surface area contributed by atoms with Crippen molar-refractivity contribution in [2.45, 2.75) is 6.36 Å². The molecule has 0 bridgehead atoms. The molecule has 0 aromatic heterocycles. The Morgan fingerprint density at radius 3 is 2.50 bits per heavy atom.